The maximum atomic E-state index is 6.53. The molecule has 5 nitrogen and oxygen atoms in total. The van der Waals surface area contributed by atoms with Gasteiger partial charge in [-0.2, -0.15) is 15.0 Å². The molecule has 0 amide bonds. The molecule has 0 N–H and O–H groups in total. The van der Waals surface area contributed by atoms with E-state index in [1.807, 2.05) is 94.7 Å². The fraction of sp³-hybridized carbons (Fsp3) is 0.0690. The molecule has 0 radical (unpaired) electrons. The zero-order chi connectivity index (χ0) is 24.2. The van der Waals surface area contributed by atoms with Crippen molar-refractivity contribution in [3.63, 3.8) is 0 Å². The maximum Gasteiger partial charge on any atom is 0.240 e. The van der Waals surface area contributed by atoms with Gasteiger partial charge >= 0.3 is 0 Å². The van der Waals surface area contributed by atoms with E-state index in [1.165, 1.54) is 0 Å². The molecular formula is C29H24ClN5. The van der Waals surface area contributed by atoms with Crippen molar-refractivity contribution in [1.82, 2.24) is 15.0 Å². The highest BCUT2D eigenvalue weighted by molar-refractivity contribution is 6.28. The van der Waals surface area contributed by atoms with Crippen LogP contribution in [0.2, 0.25) is 5.28 Å². The van der Waals surface area contributed by atoms with Crippen LogP contribution < -0.4 is 9.80 Å². The highest BCUT2D eigenvalue weighted by atomic mass is 35.5. The second kappa shape index (κ2) is 9.95. The molecule has 172 valence electrons. The van der Waals surface area contributed by atoms with Gasteiger partial charge < -0.3 is 0 Å². The molecule has 5 rings (SSSR count). The Morgan fingerprint density at radius 1 is 0.486 bits per heavy atom. The number of nitrogens with zero attached hydrogens (tertiary/aromatic N) is 5. The molecule has 0 atom stereocenters. The molecule has 0 fully saturated rings. The van der Waals surface area contributed by atoms with Crippen LogP contribution >= 0.6 is 11.6 Å². The minimum absolute atomic E-state index is 0.118. The van der Waals surface area contributed by atoms with E-state index in [0.29, 0.717) is 11.9 Å². The first-order valence-corrected chi connectivity index (χ1v) is 11.7. The molecule has 0 saturated carbocycles. The lowest BCUT2D eigenvalue weighted by atomic mass is 10.2. The van der Waals surface area contributed by atoms with E-state index in [1.54, 1.807) is 0 Å². The van der Waals surface area contributed by atoms with Gasteiger partial charge in [-0.05, 0) is 85.1 Å². The molecule has 0 unspecified atom stereocenters. The first-order valence-electron chi connectivity index (χ1n) is 11.3. The summed E-state index contributed by atoms with van der Waals surface area (Å²) in [4.78, 5) is 18.0. The maximum absolute atomic E-state index is 6.53. The Bertz CT molecular complexity index is 1330. The molecule has 5 aromatic rings. The first-order chi connectivity index (χ1) is 17.1. The first kappa shape index (κ1) is 22.6. The number of anilines is 6. The second-order valence-corrected chi connectivity index (χ2v) is 8.56. The minimum Gasteiger partial charge on any atom is -0.279 e. The van der Waals surface area contributed by atoms with Crippen molar-refractivity contribution in [3.8, 4) is 0 Å². The Morgan fingerprint density at radius 3 is 1.29 bits per heavy atom. The summed E-state index contributed by atoms with van der Waals surface area (Å²) in [5.41, 5.74) is 5.99. The van der Waals surface area contributed by atoms with E-state index in [2.05, 4.69) is 48.1 Å². The monoisotopic (exact) mass is 477 g/mol. The Kier molecular flexibility index (Phi) is 6.42. The number of aryl methyl sites for hydroxylation is 2. The summed E-state index contributed by atoms with van der Waals surface area (Å²) in [6.07, 6.45) is 0. The molecule has 0 aliphatic carbocycles. The van der Waals surface area contributed by atoms with Gasteiger partial charge in [0.05, 0.1) is 0 Å². The number of aromatic nitrogens is 3. The summed E-state index contributed by atoms with van der Waals surface area (Å²) in [6, 6.07) is 36.5. The highest BCUT2D eigenvalue weighted by Crippen LogP contribution is 2.37. The standard InChI is InChI=1S/C29H24ClN5/c1-21-11-9-17-25(19-21)34(23-13-5-3-6-14-23)28-31-27(30)32-29(33-28)35(24-15-7-4-8-16-24)26-18-10-12-22(2)20-26/h3-20H,1-2H3. The van der Waals surface area contributed by atoms with E-state index in [4.69, 9.17) is 16.6 Å². The molecule has 0 bridgehead atoms. The average molecular weight is 478 g/mol. The quantitative estimate of drug-likeness (QED) is 0.247. The fourth-order valence-electron chi connectivity index (χ4n) is 3.98. The third kappa shape index (κ3) is 5.00. The van der Waals surface area contributed by atoms with Gasteiger partial charge in [-0.1, -0.05) is 60.7 Å². The smallest absolute Gasteiger partial charge is 0.240 e. The highest BCUT2D eigenvalue weighted by Gasteiger charge is 2.22. The van der Waals surface area contributed by atoms with Gasteiger partial charge in [0.25, 0.3) is 0 Å². The van der Waals surface area contributed by atoms with Crippen molar-refractivity contribution < 1.29 is 0 Å². The van der Waals surface area contributed by atoms with Crippen LogP contribution in [0.5, 0.6) is 0 Å². The van der Waals surface area contributed by atoms with E-state index in [-0.39, 0.29) is 5.28 Å². The number of hydrogen-bond acceptors (Lipinski definition) is 5. The predicted octanol–water partition coefficient (Wildman–Crippen LogP) is 8.08. The fourth-order valence-corrected chi connectivity index (χ4v) is 4.13. The lowest BCUT2D eigenvalue weighted by molar-refractivity contribution is 0.981. The molecule has 0 aliphatic heterocycles. The summed E-state index contributed by atoms with van der Waals surface area (Å²) >= 11 is 6.53. The van der Waals surface area contributed by atoms with Crippen molar-refractivity contribution in [2.75, 3.05) is 9.80 Å². The summed E-state index contributed by atoms with van der Waals surface area (Å²) in [5.74, 6) is 0.871. The average Bonchev–Trinajstić information content (AvgIpc) is 2.86. The normalized spacial score (nSPS) is 10.7. The lowest BCUT2D eigenvalue weighted by Gasteiger charge is -2.27. The van der Waals surface area contributed by atoms with Gasteiger partial charge in [-0.25, -0.2) is 0 Å². The summed E-state index contributed by atoms with van der Waals surface area (Å²) in [6.45, 7) is 4.13. The third-order valence-corrected chi connectivity index (χ3v) is 5.70. The van der Waals surface area contributed by atoms with Crippen molar-refractivity contribution >= 4 is 46.2 Å². The number of para-hydroxylation sites is 2. The van der Waals surface area contributed by atoms with Crippen LogP contribution in [0.15, 0.2) is 109 Å². The van der Waals surface area contributed by atoms with Crippen LogP contribution in [-0.2, 0) is 0 Å². The zero-order valence-electron chi connectivity index (χ0n) is 19.5. The summed E-state index contributed by atoms with van der Waals surface area (Å²) in [7, 11) is 0. The predicted molar refractivity (Wildman–Crippen MR) is 144 cm³/mol. The molecule has 0 aliphatic rings. The van der Waals surface area contributed by atoms with Gasteiger partial charge in [0.15, 0.2) is 0 Å². The Balaban J connectivity index is 1.71. The van der Waals surface area contributed by atoms with Crippen LogP contribution in [0.3, 0.4) is 0 Å². The van der Waals surface area contributed by atoms with Crippen molar-refractivity contribution in [3.05, 3.63) is 126 Å². The number of halogens is 1. The van der Waals surface area contributed by atoms with Gasteiger partial charge in [-0.3, -0.25) is 9.80 Å². The molecule has 1 heterocycles. The Hall–Kier alpha value is -4.22. The Morgan fingerprint density at radius 2 is 0.886 bits per heavy atom. The van der Waals surface area contributed by atoms with Crippen LogP contribution in [-0.4, -0.2) is 15.0 Å². The molecule has 0 saturated heterocycles. The van der Waals surface area contributed by atoms with Gasteiger partial charge in [0, 0.05) is 22.7 Å². The van der Waals surface area contributed by atoms with E-state index >= 15 is 0 Å². The second-order valence-electron chi connectivity index (χ2n) is 8.22. The van der Waals surface area contributed by atoms with Crippen LogP contribution in [0.1, 0.15) is 11.1 Å². The third-order valence-electron chi connectivity index (χ3n) is 5.53. The molecule has 1 aromatic heterocycles. The van der Waals surface area contributed by atoms with E-state index in [0.717, 1.165) is 33.9 Å². The van der Waals surface area contributed by atoms with Crippen molar-refractivity contribution in [1.29, 1.82) is 0 Å². The van der Waals surface area contributed by atoms with Gasteiger partial charge in [-0.15, -0.1) is 0 Å². The zero-order valence-corrected chi connectivity index (χ0v) is 20.3. The minimum atomic E-state index is 0.118. The van der Waals surface area contributed by atoms with E-state index in [9.17, 15) is 0 Å². The Labute approximate surface area is 210 Å². The van der Waals surface area contributed by atoms with Crippen LogP contribution in [0, 0.1) is 13.8 Å². The summed E-state index contributed by atoms with van der Waals surface area (Å²) < 4.78 is 0. The van der Waals surface area contributed by atoms with Crippen LogP contribution in [0.25, 0.3) is 0 Å². The largest absolute Gasteiger partial charge is 0.279 e. The summed E-state index contributed by atoms with van der Waals surface area (Å²) in [5, 5.41) is 0.118. The SMILES string of the molecule is Cc1cccc(N(c2ccccc2)c2nc(Cl)nc(N(c3ccccc3)c3cccc(C)c3)n2)c1. The van der Waals surface area contributed by atoms with Crippen molar-refractivity contribution in [2.45, 2.75) is 13.8 Å². The number of hydrogen-bond donors (Lipinski definition) is 0. The molecule has 4 aromatic carbocycles. The molecule has 6 heteroatoms. The van der Waals surface area contributed by atoms with Crippen molar-refractivity contribution in [2.24, 2.45) is 0 Å². The number of rotatable bonds is 6. The number of benzene rings is 4. The van der Waals surface area contributed by atoms with E-state index < -0.39 is 0 Å². The van der Waals surface area contributed by atoms with Gasteiger partial charge in [0.2, 0.25) is 17.2 Å². The lowest BCUT2D eigenvalue weighted by Crippen LogP contribution is -2.19. The van der Waals surface area contributed by atoms with Crippen LogP contribution in [0.4, 0.5) is 34.6 Å². The molecule has 0 spiro atoms. The topological polar surface area (TPSA) is 45.2 Å². The molecule has 35 heavy (non-hydrogen) atoms. The molecular weight excluding hydrogens is 454 g/mol. The van der Waals surface area contributed by atoms with Gasteiger partial charge in [0.1, 0.15) is 0 Å².